The Labute approximate surface area is 108 Å². The summed E-state index contributed by atoms with van der Waals surface area (Å²) >= 11 is 1.51. The summed E-state index contributed by atoms with van der Waals surface area (Å²) in [5.41, 5.74) is 1.05. The first-order chi connectivity index (χ1) is 8.20. The van der Waals surface area contributed by atoms with Crippen molar-refractivity contribution in [2.75, 3.05) is 20.3 Å². The Hall–Kier alpha value is -0.520. The fraction of sp³-hybridized carbons (Fsp3) is 0.833. The molecule has 0 saturated carbocycles. The summed E-state index contributed by atoms with van der Waals surface area (Å²) in [5.74, 6) is 0.530. The molecule has 0 aliphatic heterocycles. The lowest BCUT2D eigenvalue weighted by atomic mass is 9.96. The van der Waals surface area contributed by atoms with Crippen LogP contribution in [0.4, 0.5) is 0 Å². The minimum absolute atomic E-state index is 0.352. The van der Waals surface area contributed by atoms with Crippen molar-refractivity contribution in [3.8, 4) is 0 Å². The van der Waals surface area contributed by atoms with Crippen LogP contribution < -0.4 is 5.32 Å². The fourth-order valence-corrected chi connectivity index (χ4v) is 2.70. The molecule has 1 heterocycles. The third-order valence-electron chi connectivity index (χ3n) is 2.93. The van der Waals surface area contributed by atoms with Crippen LogP contribution in [0, 0.1) is 12.8 Å². The van der Waals surface area contributed by atoms with E-state index >= 15 is 0 Å². The van der Waals surface area contributed by atoms with Gasteiger partial charge in [0.1, 0.15) is 0 Å². The maximum Gasteiger partial charge on any atom is 0.0772 e. The molecule has 0 aliphatic carbocycles. The highest BCUT2D eigenvalue weighted by Gasteiger charge is 2.22. The number of rotatable bonds is 8. The molecule has 17 heavy (non-hydrogen) atoms. The molecule has 5 heteroatoms. The van der Waals surface area contributed by atoms with Crippen LogP contribution in [0.5, 0.6) is 0 Å². The van der Waals surface area contributed by atoms with Gasteiger partial charge in [-0.15, -0.1) is 5.10 Å². The zero-order chi connectivity index (χ0) is 12.7. The smallest absolute Gasteiger partial charge is 0.0772 e. The highest BCUT2D eigenvalue weighted by Crippen LogP contribution is 2.28. The molecule has 1 N–H and O–H groups in total. The summed E-state index contributed by atoms with van der Waals surface area (Å²) < 4.78 is 9.19. The number of aromatic nitrogens is 2. The zero-order valence-corrected chi connectivity index (χ0v) is 12.0. The van der Waals surface area contributed by atoms with Gasteiger partial charge < -0.3 is 10.1 Å². The number of ether oxygens (including phenoxy) is 1. The molecule has 1 aromatic rings. The van der Waals surface area contributed by atoms with Gasteiger partial charge >= 0.3 is 0 Å². The van der Waals surface area contributed by atoms with Crippen molar-refractivity contribution in [1.29, 1.82) is 0 Å². The van der Waals surface area contributed by atoms with Gasteiger partial charge in [-0.25, -0.2) is 0 Å². The van der Waals surface area contributed by atoms with Crippen molar-refractivity contribution in [3.05, 3.63) is 10.6 Å². The lowest BCUT2D eigenvalue weighted by Gasteiger charge is -2.24. The molecule has 2 atom stereocenters. The van der Waals surface area contributed by atoms with E-state index in [9.17, 15) is 0 Å². The molecule has 1 aromatic heterocycles. The first-order valence-corrected chi connectivity index (χ1v) is 6.99. The van der Waals surface area contributed by atoms with Gasteiger partial charge in [0.25, 0.3) is 0 Å². The molecule has 98 valence electrons. The molecule has 0 aliphatic rings. The first-order valence-electron chi connectivity index (χ1n) is 6.21. The van der Waals surface area contributed by atoms with Crippen LogP contribution in [0.1, 0.15) is 43.3 Å². The van der Waals surface area contributed by atoms with E-state index in [1.165, 1.54) is 16.4 Å². The molecule has 0 spiro atoms. The Bertz CT molecular complexity index is 316. The standard InChI is InChI=1S/C12H23N3OS/c1-5-7-13-11(9(2)6-8-16-4)12-10(3)14-15-17-12/h9,11,13H,5-8H2,1-4H3. The van der Waals surface area contributed by atoms with Crippen molar-refractivity contribution >= 4 is 11.5 Å². The van der Waals surface area contributed by atoms with E-state index in [0.29, 0.717) is 12.0 Å². The van der Waals surface area contributed by atoms with Gasteiger partial charge in [-0.3, -0.25) is 0 Å². The second-order valence-electron chi connectivity index (χ2n) is 4.41. The Balaban J connectivity index is 2.69. The number of aryl methyl sites for hydroxylation is 1. The van der Waals surface area contributed by atoms with Crippen LogP contribution in [0.15, 0.2) is 0 Å². The molecule has 0 fully saturated rings. The normalized spacial score (nSPS) is 14.8. The van der Waals surface area contributed by atoms with E-state index in [1.807, 2.05) is 6.92 Å². The third-order valence-corrected chi connectivity index (χ3v) is 3.84. The van der Waals surface area contributed by atoms with E-state index in [0.717, 1.165) is 31.7 Å². The van der Waals surface area contributed by atoms with Crippen molar-refractivity contribution in [3.63, 3.8) is 0 Å². The molecule has 4 nitrogen and oxygen atoms in total. The second kappa shape index (κ2) is 7.74. The van der Waals surface area contributed by atoms with E-state index in [4.69, 9.17) is 4.74 Å². The summed E-state index contributed by atoms with van der Waals surface area (Å²) in [7, 11) is 1.75. The van der Waals surface area contributed by atoms with Gasteiger partial charge in [-0.1, -0.05) is 18.3 Å². The third kappa shape index (κ3) is 4.33. The van der Waals surface area contributed by atoms with Crippen molar-refractivity contribution < 1.29 is 4.74 Å². The second-order valence-corrected chi connectivity index (χ2v) is 5.20. The lowest BCUT2D eigenvalue weighted by molar-refractivity contribution is 0.170. The van der Waals surface area contributed by atoms with Crippen molar-refractivity contribution in [2.24, 2.45) is 5.92 Å². The van der Waals surface area contributed by atoms with E-state index < -0.39 is 0 Å². The summed E-state index contributed by atoms with van der Waals surface area (Å²) in [4.78, 5) is 1.27. The van der Waals surface area contributed by atoms with Crippen LogP contribution in [0.3, 0.4) is 0 Å². The van der Waals surface area contributed by atoms with Gasteiger partial charge in [-0.05, 0) is 43.8 Å². The van der Waals surface area contributed by atoms with Crippen LogP contribution in [0.25, 0.3) is 0 Å². The minimum atomic E-state index is 0.352. The van der Waals surface area contributed by atoms with Crippen LogP contribution >= 0.6 is 11.5 Å². The lowest BCUT2D eigenvalue weighted by Crippen LogP contribution is -2.28. The summed E-state index contributed by atoms with van der Waals surface area (Å²) in [5, 5.41) is 7.70. The topological polar surface area (TPSA) is 47.0 Å². The first kappa shape index (κ1) is 14.5. The minimum Gasteiger partial charge on any atom is -0.385 e. The Morgan fingerprint density at radius 3 is 2.76 bits per heavy atom. The summed E-state index contributed by atoms with van der Waals surface area (Å²) in [6, 6.07) is 0.352. The highest BCUT2D eigenvalue weighted by molar-refractivity contribution is 7.05. The Kier molecular flexibility index (Phi) is 6.62. The molecular weight excluding hydrogens is 234 g/mol. The van der Waals surface area contributed by atoms with E-state index in [-0.39, 0.29) is 0 Å². The summed E-state index contributed by atoms with van der Waals surface area (Å²) in [6.07, 6.45) is 2.19. The molecule has 0 saturated heterocycles. The number of nitrogens with zero attached hydrogens (tertiary/aromatic N) is 2. The maximum absolute atomic E-state index is 5.16. The highest BCUT2D eigenvalue weighted by atomic mass is 32.1. The van der Waals surface area contributed by atoms with Crippen LogP contribution in [-0.2, 0) is 4.74 Å². The van der Waals surface area contributed by atoms with E-state index in [2.05, 4.69) is 28.8 Å². The molecule has 0 radical (unpaired) electrons. The van der Waals surface area contributed by atoms with Gasteiger partial charge in [0, 0.05) is 19.8 Å². The molecule has 1 rings (SSSR count). The average molecular weight is 257 g/mol. The van der Waals surface area contributed by atoms with Crippen molar-refractivity contribution in [2.45, 2.75) is 39.7 Å². The predicted octanol–water partition coefficient (Wildman–Crippen LogP) is 2.56. The van der Waals surface area contributed by atoms with Gasteiger partial charge in [0.05, 0.1) is 10.6 Å². The Morgan fingerprint density at radius 1 is 1.47 bits per heavy atom. The van der Waals surface area contributed by atoms with Crippen LogP contribution in [-0.4, -0.2) is 29.8 Å². The van der Waals surface area contributed by atoms with E-state index in [1.54, 1.807) is 7.11 Å². The van der Waals surface area contributed by atoms with Gasteiger partial charge in [0.15, 0.2) is 0 Å². The molecule has 2 unspecified atom stereocenters. The Morgan fingerprint density at radius 2 is 2.24 bits per heavy atom. The average Bonchev–Trinajstić information content (AvgIpc) is 2.73. The monoisotopic (exact) mass is 257 g/mol. The predicted molar refractivity (Wildman–Crippen MR) is 71.3 cm³/mol. The van der Waals surface area contributed by atoms with Crippen LogP contribution in [0.2, 0.25) is 0 Å². The zero-order valence-electron chi connectivity index (χ0n) is 11.2. The SMILES string of the molecule is CCCNC(c1snnc1C)C(C)CCOC. The van der Waals surface area contributed by atoms with Crippen molar-refractivity contribution in [1.82, 2.24) is 14.9 Å². The largest absolute Gasteiger partial charge is 0.385 e. The number of hydrogen-bond acceptors (Lipinski definition) is 5. The molecular formula is C12H23N3OS. The van der Waals surface area contributed by atoms with Gasteiger partial charge in [0.2, 0.25) is 0 Å². The number of hydrogen-bond donors (Lipinski definition) is 1. The molecule has 0 aromatic carbocycles. The molecule has 0 bridgehead atoms. The quantitative estimate of drug-likeness (QED) is 0.777. The summed E-state index contributed by atoms with van der Waals surface area (Å²) in [6.45, 7) is 8.30. The number of methoxy groups -OCH3 is 1. The number of nitrogens with one attached hydrogen (secondary N) is 1. The van der Waals surface area contributed by atoms with Gasteiger partial charge in [-0.2, -0.15) is 0 Å². The maximum atomic E-state index is 5.16. The molecule has 0 amide bonds. The fourth-order valence-electron chi connectivity index (χ4n) is 1.85.